The molecule has 87 heavy (non-hydrogen) atoms. The molecule has 19 nitrogen and oxygen atoms in total. The molecule has 508 valence electrons. The highest BCUT2D eigenvalue weighted by atomic mass is 16.8. The third kappa shape index (κ3) is 32.7. The average molecular weight is 1240 g/mol. The van der Waals surface area contributed by atoms with Crippen LogP contribution in [-0.2, 0) is 33.2 Å². The Kier molecular flexibility index (Phi) is 45.7. The van der Waals surface area contributed by atoms with E-state index in [9.17, 15) is 61.0 Å². The zero-order valence-electron chi connectivity index (χ0n) is 53.5. The van der Waals surface area contributed by atoms with Crippen LogP contribution in [0.1, 0.15) is 245 Å². The molecular formula is C68H123NO18. The molecule has 12 N–H and O–H groups in total. The number of rotatable bonds is 52. The van der Waals surface area contributed by atoms with Crippen molar-refractivity contribution >= 4 is 5.91 Å². The van der Waals surface area contributed by atoms with E-state index in [1.54, 1.807) is 6.08 Å². The number of ether oxygens (including phenoxy) is 6. The summed E-state index contributed by atoms with van der Waals surface area (Å²) in [5.41, 5.74) is 0. The lowest BCUT2D eigenvalue weighted by Gasteiger charge is -2.48. The van der Waals surface area contributed by atoms with Crippen LogP contribution in [0.15, 0.2) is 48.6 Å². The van der Waals surface area contributed by atoms with Gasteiger partial charge in [-0.25, -0.2) is 0 Å². The van der Waals surface area contributed by atoms with Gasteiger partial charge >= 0.3 is 0 Å². The number of carbonyl (C=O) groups is 1. The van der Waals surface area contributed by atoms with Crippen LogP contribution in [0.5, 0.6) is 0 Å². The summed E-state index contributed by atoms with van der Waals surface area (Å²) in [6.45, 7) is 1.63. The third-order valence-corrected chi connectivity index (χ3v) is 17.1. The summed E-state index contributed by atoms with van der Waals surface area (Å²) in [4.78, 5) is 13.4. The van der Waals surface area contributed by atoms with Crippen molar-refractivity contribution in [2.75, 3.05) is 26.4 Å². The number of unbranched alkanes of at least 4 members (excludes halogenated alkanes) is 30. The van der Waals surface area contributed by atoms with Crippen molar-refractivity contribution in [2.24, 2.45) is 0 Å². The molecule has 3 heterocycles. The predicted octanol–water partition coefficient (Wildman–Crippen LogP) is 8.61. The van der Waals surface area contributed by atoms with Crippen molar-refractivity contribution in [2.45, 2.75) is 349 Å². The smallest absolute Gasteiger partial charge is 0.220 e. The molecule has 0 aromatic rings. The van der Waals surface area contributed by atoms with Crippen LogP contribution in [-0.4, -0.2) is 193 Å². The molecule has 3 aliphatic rings. The van der Waals surface area contributed by atoms with Gasteiger partial charge in [0.05, 0.1) is 38.6 Å². The highest BCUT2D eigenvalue weighted by Crippen LogP contribution is 2.33. The summed E-state index contributed by atoms with van der Waals surface area (Å²) >= 11 is 0. The quantitative estimate of drug-likeness (QED) is 0.0200. The highest BCUT2D eigenvalue weighted by molar-refractivity contribution is 5.76. The van der Waals surface area contributed by atoms with E-state index in [4.69, 9.17) is 28.4 Å². The highest BCUT2D eigenvalue weighted by Gasteiger charge is 2.53. The SMILES string of the molecule is CC/C=C\C/C=C\C/C=C\CCCCCCCCCC(=O)NC(COC1OC(CO)C(OC2OC(CO)C(OC3OC(CO)C(O)C(O)C3O)C(O)C2O)C(O)C1O)C(O)/C=C/CCCCCCCCCCCCCCCCCCCCCCCCC. The Morgan fingerprint density at radius 2 is 0.793 bits per heavy atom. The van der Waals surface area contributed by atoms with E-state index in [1.165, 1.54) is 128 Å². The van der Waals surface area contributed by atoms with Crippen LogP contribution >= 0.6 is 0 Å². The fraction of sp³-hybridized carbons (Fsp3) is 0.868. The number of carbonyl (C=O) groups excluding carboxylic acids is 1. The molecule has 17 unspecified atom stereocenters. The number of hydrogen-bond acceptors (Lipinski definition) is 18. The Hall–Kier alpha value is -2.25. The molecule has 3 saturated heterocycles. The van der Waals surface area contributed by atoms with Crippen LogP contribution in [0.25, 0.3) is 0 Å². The monoisotopic (exact) mass is 1240 g/mol. The van der Waals surface area contributed by atoms with E-state index in [0.29, 0.717) is 6.42 Å². The number of aliphatic hydroxyl groups is 11. The minimum absolute atomic E-state index is 0.231. The van der Waals surface area contributed by atoms with E-state index in [-0.39, 0.29) is 18.9 Å². The molecule has 0 aromatic heterocycles. The molecule has 0 aromatic carbocycles. The van der Waals surface area contributed by atoms with Crippen molar-refractivity contribution in [1.29, 1.82) is 0 Å². The van der Waals surface area contributed by atoms with Gasteiger partial charge in [0.1, 0.15) is 73.2 Å². The lowest BCUT2D eigenvalue weighted by molar-refractivity contribution is -0.379. The van der Waals surface area contributed by atoms with E-state index in [1.807, 2.05) is 6.08 Å². The maximum atomic E-state index is 13.4. The fourth-order valence-electron chi connectivity index (χ4n) is 11.6. The molecule has 19 heteroatoms. The summed E-state index contributed by atoms with van der Waals surface area (Å²) in [6.07, 6.45) is 32.3. The van der Waals surface area contributed by atoms with Crippen molar-refractivity contribution in [3.8, 4) is 0 Å². The van der Waals surface area contributed by atoms with Gasteiger partial charge in [-0.2, -0.15) is 0 Å². The van der Waals surface area contributed by atoms with Gasteiger partial charge < -0.3 is 89.9 Å². The van der Waals surface area contributed by atoms with Gasteiger partial charge in [-0.05, 0) is 51.4 Å². The molecule has 0 spiro atoms. The van der Waals surface area contributed by atoms with Gasteiger partial charge in [0.15, 0.2) is 18.9 Å². The minimum atomic E-state index is -1.98. The first-order valence-electron chi connectivity index (χ1n) is 34.4. The van der Waals surface area contributed by atoms with Gasteiger partial charge in [0, 0.05) is 6.42 Å². The van der Waals surface area contributed by atoms with Crippen molar-refractivity contribution in [3.63, 3.8) is 0 Å². The number of aliphatic hydroxyl groups excluding tert-OH is 11. The van der Waals surface area contributed by atoms with E-state index in [0.717, 1.165) is 89.9 Å². The first-order valence-corrected chi connectivity index (χ1v) is 34.4. The summed E-state index contributed by atoms with van der Waals surface area (Å²) in [6, 6.07) is -0.980. The average Bonchev–Trinajstić information content (AvgIpc) is 2.97. The lowest BCUT2D eigenvalue weighted by atomic mass is 9.96. The largest absolute Gasteiger partial charge is 0.394 e. The van der Waals surface area contributed by atoms with E-state index < -0.39 is 124 Å². The van der Waals surface area contributed by atoms with Gasteiger partial charge in [-0.1, -0.05) is 236 Å². The van der Waals surface area contributed by atoms with Gasteiger partial charge in [0.2, 0.25) is 5.91 Å². The Labute approximate surface area is 523 Å². The van der Waals surface area contributed by atoms with Crippen molar-refractivity contribution in [3.05, 3.63) is 48.6 Å². The van der Waals surface area contributed by atoms with Crippen LogP contribution < -0.4 is 5.32 Å². The maximum absolute atomic E-state index is 13.4. The Bertz CT molecular complexity index is 1770. The van der Waals surface area contributed by atoms with Gasteiger partial charge in [-0.3, -0.25) is 4.79 Å². The van der Waals surface area contributed by atoms with Crippen molar-refractivity contribution < 1.29 is 89.4 Å². The maximum Gasteiger partial charge on any atom is 0.220 e. The topological polar surface area (TPSA) is 307 Å². The molecule has 17 atom stereocenters. The second-order valence-electron chi connectivity index (χ2n) is 24.6. The Morgan fingerprint density at radius 1 is 0.425 bits per heavy atom. The molecule has 1 amide bonds. The summed E-state index contributed by atoms with van der Waals surface area (Å²) in [7, 11) is 0. The Morgan fingerprint density at radius 3 is 1.24 bits per heavy atom. The molecule has 0 saturated carbocycles. The standard InChI is InChI=1S/C68H123NO18/c1-3-5-7-9-11-13-15-17-19-21-22-23-24-25-26-27-28-30-31-33-35-37-39-41-43-45-52(73)51(69-56(74)46-44-42-40-38-36-34-32-29-20-18-16-14-12-10-8-6-4-2)50-82-66-62(80)59(77)64(54(48-71)84-66)87-68-63(81)60(78)65(55(49-72)85-68)86-67-61(79)58(76)57(75)53(47-70)83-67/h6,8,12,14,18,20,43,45,51-55,57-68,70-73,75-81H,3-5,7,9-11,13,15-17,19,21-42,44,46-50H2,1-2H3,(H,69,74)/b8-6-,14-12-,20-18-,45-43+. The van der Waals surface area contributed by atoms with Gasteiger partial charge in [0.25, 0.3) is 0 Å². The fourth-order valence-corrected chi connectivity index (χ4v) is 11.6. The first-order chi connectivity index (χ1) is 42.3. The summed E-state index contributed by atoms with van der Waals surface area (Å²) in [5, 5.41) is 120. The first kappa shape index (κ1) is 79.0. The Balaban J connectivity index is 1.44. The van der Waals surface area contributed by atoms with E-state index >= 15 is 0 Å². The third-order valence-electron chi connectivity index (χ3n) is 17.1. The molecule has 3 aliphatic heterocycles. The molecule has 0 aliphatic carbocycles. The molecule has 3 fully saturated rings. The molecular weight excluding hydrogens is 1120 g/mol. The number of nitrogens with one attached hydrogen (secondary N) is 1. The van der Waals surface area contributed by atoms with Crippen LogP contribution in [0, 0.1) is 0 Å². The summed E-state index contributed by atoms with van der Waals surface area (Å²) < 4.78 is 34.3. The van der Waals surface area contributed by atoms with Crippen LogP contribution in [0.2, 0.25) is 0 Å². The number of amides is 1. The van der Waals surface area contributed by atoms with Crippen molar-refractivity contribution in [1.82, 2.24) is 5.32 Å². The second-order valence-corrected chi connectivity index (χ2v) is 24.6. The summed E-state index contributed by atoms with van der Waals surface area (Å²) in [5.74, 6) is -0.285. The van der Waals surface area contributed by atoms with Crippen LogP contribution in [0.3, 0.4) is 0 Å². The molecule has 0 radical (unpaired) electrons. The predicted molar refractivity (Wildman–Crippen MR) is 337 cm³/mol. The minimum Gasteiger partial charge on any atom is -0.394 e. The zero-order chi connectivity index (χ0) is 63.3. The second kappa shape index (κ2) is 50.3. The molecule has 0 bridgehead atoms. The number of allylic oxidation sites excluding steroid dienone is 7. The van der Waals surface area contributed by atoms with E-state index in [2.05, 4.69) is 55.6 Å². The lowest BCUT2D eigenvalue weighted by Crippen LogP contribution is -2.66. The normalized spacial score (nSPS) is 28.9. The molecule has 3 rings (SSSR count). The number of hydrogen-bond donors (Lipinski definition) is 12. The van der Waals surface area contributed by atoms with Crippen LogP contribution in [0.4, 0.5) is 0 Å². The van der Waals surface area contributed by atoms with Gasteiger partial charge in [-0.15, -0.1) is 0 Å². The zero-order valence-corrected chi connectivity index (χ0v) is 53.5.